The molecule has 0 spiro atoms. The lowest BCUT2D eigenvalue weighted by Crippen LogP contribution is -2.43. The quantitative estimate of drug-likeness (QED) is 0.867. The molecule has 0 aliphatic carbocycles. The fraction of sp³-hybridized carbons (Fsp3) is 0.500. The van der Waals surface area contributed by atoms with Crippen LogP contribution in [0.5, 0.6) is 0 Å². The van der Waals surface area contributed by atoms with Crippen LogP contribution < -0.4 is 0 Å². The molecule has 1 unspecified atom stereocenters. The van der Waals surface area contributed by atoms with E-state index in [0.717, 1.165) is 24.2 Å². The Hall–Kier alpha value is -1.49. The van der Waals surface area contributed by atoms with Crippen LogP contribution in [0.25, 0.3) is 11.6 Å². The highest BCUT2D eigenvalue weighted by Gasteiger charge is 2.24. The van der Waals surface area contributed by atoms with Gasteiger partial charge in [-0.3, -0.25) is 9.88 Å². The maximum atomic E-state index is 10.1. The molecule has 0 saturated carbocycles. The summed E-state index contributed by atoms with van der Waals surface area (Å²) in [6, 6.07) is 4.13. The molecule has 1 aromatic rings. The van der Waals surface area contributed by atoms with Gasteiger partial charge in [0, 0.05) is 19.3 Å². The molecule has 2 heterocycles. The van der Waals surface area contributed by atoms with E-state index in [1.165, 1.54) is 5.57 Å². The lowest BCUT2D eigenvalue weighted by molar-refractivity contribution is -0.236. The van der Waals surface area contributed by atoms with E-state index >= 15 is 0 Å². The van der Waals surface area contributed by atoms with Crippen molar-refractivity contribution in [3.63, 3.8) is 0 Å². The largest absolute Gasteiger partial charge is 0.356 e. The van der Waals surface area contributed by atoms with E-state index in [4.69, 9.17) is 4.74 Å². The van der Waals surface area contributed by atoms with E-state index in [-0.39, 0.29) is 5.60 Å². The van der Waals surface area contributed by atoms with Gasteiger partial charge in [0.05, 0.1) is 11.3 Å². The Morgan fingerprint density at radius 3 is 2.64 bits per heavy atom. The first-order valence-corrected chi connectivity index (χ1v) is 7.77. The Morgan fingerprint density at radius 1 is 1.36 bits per heavy atom. The second kappa shape index (κ2) is 7.18. The maximum absolute atomic E-state index is 10.1. The van der Waals surface area contributed by atoms with Crippen molar-refractivity contribution in [2.75, 3.05) is 13.1 Å². The van der Waals surface area contributed by atoms with E-state index in [2.05, 4.69) is 17.1 Å². The summed E-state index contributed by atoms with van der Waals surface area (Å²) < 4.78 is 5.59. The van der Waals surface area contributed by atoms with Crippen molar-refractivity contribution in [2.45, 2.75) is 46.1 Å². The molecule has 1 aliphatic heterocycles. The third-order valence-corrected chi connectivity index (χ3v) is 3.51. The van der Waals surface area contributed by atoms with Gasteiger partial charge in [-0.1, -0.05) is 18.2 Å². The van der Waals surface area contributed by atoms with Crippen molar-refractivity contribution in [1.29, 1.82) is 0 Å². The molecule has 4 nitrogen and oxygen atoms in total. The number of aliphatic hydroxyl groups excluding tert-OH is 1. The summed E-state index contributed by atoms with van der Waals surface area (Å²) in [5.74, 6) is 0. The highest BCUT2D eigenvalue weighted by atomic mass is 16.6. The van der Waals surface area contributed by atoms with Crippen LogP contribution in [-0.4, -0.2) is 40.1 Å². The van der Waals surface area contributed by atoms with Crippen LogP contribution in [0.1, 0.15) is 45.4 Å². The maximum Gasteiger partial charge on any atom is 0.216 e. The Labute approximate surface area is 133 Å². The van der Waals surface area contributed by atoms with Gasteiger partial charge in [0.25, 0.3) is 0 Å². The van der Waals surface area contributed by atoms with Gasteiger partial charge in [-0.25, -0.2) is 0 Å². The van der Waals surface area contributed by atoms with Crippen molar-refractivity contribution in [1.82, 2.24) is 9.88 Å². The molecule has 1 N–H and O–H groups in total. The highest BCUT2D eigenvalue weighted by molar-refractivity contribution is 5.66. The molecule has 0 bridgehead atoms. The predicted octanol–water partition coefficient (Wildman–Crippen LogP) is 3.29. The SMILES string of the molecule is C/C=C/c1ccc(C2=CCN(C(O)OC(C)(C)C)CC2)cn1. The lowest BCUT2D eigenvalue weighted by Gasteiger charge is -2.34. The van der Waals surface area contributed by atoms with E-state index in [1.54, 1.807) is 0 Å². The van der Waals surface area contributed by atoms with Crippen LogP contribution in [0.2, 0.25) is 0 Å². The monoisotopic (exact) mass is 302 g/mol. The van der Waals surface area contributed by atoms with E-state index in [0.29, 0.717) is 6.54 Å². The molecule has 0 amide bonds. The number of allylic oxidation sites excluding steroid dienone is 1. The van der Waals surface area contributed by atoms with Crippen LogP contribution >= 0.6 is 0 Å². The number of nitrogens with zero attached hydrogens (tertiary/aromatic N) is 2. The third kappa shape index (κ3) is 4.77. The Kier molecular flexibility index (Phi) is 5.51. The van der Waals surface area contributed by atoms with Gasteiger partial charge >= 0.3 is 0 Å². The first kappa shape index (κ1) is 16.9. The summed E-state index contributed by atoms with van der Waals surface area (Å²) in [5, 5.41) is 10.1. The zero-order valence-electron chi connectivity index (χ0n) is 13.9. The summed E-state index contributed by atoms with van der Waals surface area (Å²) in [7, 11) is 0. The van der Waals surface area contributed by atoms with Crippen molar-refractivity contribution in [2.24, 2.45) is 0 Å². The molecule has 4 heteroatoms. The lowest BCUT2D eigenvalue weighted by atomic mass is 10.0. The molecule has 2 rings (SSSR count). The number of aromatic nitrogens is 1. The van der Waals surface area contributed by atoms with Gasteiger partial charge in [-0.2, -0.15) is 0 Å². The average molecular weight is 302 g/mol. The van der Waals surface area contributed by atoms with Crippen molar-refractivity contribution in [3.8, 4) is 0 Å². The molecule has 0 radical (unpaired) electrons. The number of ether oxygens (including phenoxy) is 1. The Morgan fingerprint density at radius 2 is 2.14 bits per heavy atom. The normalized spacial score (nSPS) is 18.5. The van der Waals surface area contributed by atoms with Gasteiger partial charge in [-0.15, -0.1) is 0 Å². The second-order valence-corrected chi connectivity index (χ2v) is 6.50. The first-order valence-electron chi connectivity index (χ1n) is 7.77. The molecule has 1 aliphatic rings. The average Bonchev–Trinajstić information content (AvgIpc) is 2.47. The zero-order chi connectivity index (χ0) is 16.2. The first-order chi connectivity index (χ1) is 10.4. The van der Waals surface area contributed by atoms with Crippen LogP contribution in [0.4, 0.5) is 0 Å². The number of hydrogen-bond donors (Lipinski definition) is 1. The van der Waals surface area contributed by atoms with Gasteiger partial charge in [0.2, 0.25) is 6.41 Å². The van der Waals surface area contributed by atoms with E-state index < -0.39 is 6.41 Å². The van der Waals surface area contributed by atoms with Crippen LogP contribution in [0.15, 0.2) is 30.5 Å². The number of rotatable bonds is 4. The summed E-state index contributed by atoms with van der Waals surface area (Å²) in [4.78, 5) is 6.36. The highest BCUT2D eigenvalue weighted by Crippen LogP contribution is 2.24. The molecular formula is C18H26N2O2. The van der Waals surface area contributed by atoms with E-state index in [1.807, 2.05) is 57.0 Å². The summed E-state index contributed by atoms with van der Waals surface area (Å²) >= 11 is 0. The predicted molar refractivity (Wildman–Crippen MR) is 90.0 cm³/mol. The molecule has 1 atom stereocenters. The van der Waals surface area contributed by atoms with Crippen LogP contribution in [-0.2, 0) is 4.74 Å². The smallest absolute Gasteiger partial charge is 0.216 e. The van der Waals surface area contributed by atoms with Gasteiger partial charge in [0.1, 0.15) is 0 Å². The molecule has 0 aromatic carbocycles. The number of pyridine rings is 1. The van der Waals surface area contributed by atoms with Crippen LogP contribution in [0.3, 0.4) is 0 Å². The molecule has 0 saturated heterocycles. The summed E-state index contributed by atoms with van der Waals surface area (Å²) in [6.07, 6.45) is 8.06. The summed E-state index contributed by atoms with van der Waals surface area (Å²) in [5.41, 5.74) is 3.05. The van der Waals surface area contributed by atoms with Crippen LogP contribution in [0, 0.1) is 0 Å². The molecule has 1 aromatic heterocycles. The van der Waals surface area contributed by atoms with Gasteiger partial charge in [-0.05, 0) is 57.4 Å². The van der Waals surface area contributed by atoms with Gasteiger partial charge < -0.3 is 9.84 Å². The summed E-state index contributed by atoms with van der Waals surface area (Å²) in [6.45, 7) is 9.28. The minimum atomic E-state index is -0.854. The topological polar surface area (TPSA) is 45.6 Å². The molecule has 120 valence electrons. The molecular weight excluding hydrogens is 276 g/mol. The fourth-order valence-corrected chi connectivity index (χ4v) is 2.40. The second-order valence-electron chi connectivity index (χ2n) is 6.50. The van der Waals surface area contributed by atoms with Crippen molar-refractivity contribution < 1.29 is 9.84 Å². The standard InChI is InChI=1S/C18H26N2O2/c1-5-6-16-8-7-15(13-19-16)14-9-11-20(12-10-14)17(21)22-18(2,3)4/h5-9,13,17,21H,10-12H2,1-4H3/b6-5+. The third-order valence-electron chi connectivity index (χ3n) is 3.51. The zero-order valence-corrected chi connectivity index (χ0v) is 13.9. The Bertz CT molecular complexity index is 541. The van der Waals surface area contributed by atoms with Crippen molar-refractivity contribution in [3.05, 3.63) is 41.7 Å². The number of aliphatic hydroxyl groups is 1. The molecule has 0 fully saturated rings. The van der Waals surface area contributed by atoms with Crippen molar-refractivity contribution >= 4 is 11.6 Å². The molecule has 22 heavy (non-hydrogen) atoms. The van der Waals surface area contributed by atoms with E-state index in [9.17, 15) is 5.11 Å². The minimum absolute atomic E-state index is 0.351. The number of hydrogen-bond acceptors (Lipinski definition) is 4. The Balaban J connectivity index is 1.99. The minimum Gasteiger partial charge on any atom is -0.356 e. The van der Waals surface area contributed by atoms with Gasteiger partial charge in [0.15, 0.2) is 0 Å². The fourth-order valence-electron chi connectivity index (χ4n) is 2.40.